The number of nitrogens with one attached hydrogen (secondary N) is 2. The van der Waals surface area contributed by atoms with E-state index in [0.717, 1.165) is 13.8 Å². The summed E-state index contributed by atoms with van der Waals surface area (Å²) in [6, 6.07) is -3.11. The van der Waals surface area contributed by atoms with E-state index >= 15 is 0 Å². The second kappa shape index (κ2) is 17.4. The van der Waals surface area contributed by atoms with E-state index in [1.807, 2.05) is 0 Å². The minimum Gasteiger partial charge on any atom is -0.394 e. The first-order chi connectivity index (χ1) is 23.5. The fraction of sp³-hybridized carbons (Fsp3) is 0.929. The lowest BCUT2D eigenvalue weighted by Gasteiger charge is -2.50. The van der Waals surface area contributed by atoms with Crippen LogP contribution in [0.3, 0.4) is 0 Å². The third-order valence-electron chi connectivity index (χ3n) is 8.97. The first-order valence-corrected chi connectivity index (χ1v) is 15.9. The smallest absolute Gasteiger partial charge is 0.217 e. The highest BCUT2D eigenvalue weighted by Gasteiger charge is 2.55. The van der Waals surface area contributed by atoms with Crippen molar-refractivity contribution in [1.29, 1.82) is 0 Å². The van der Waals surface area contributed by atoms with Crippen molar-refractivity contribution in [3.63, 3.8) is 0 Å². The molecule has 0 aromatic rings. The standard InChI is InChI=1S/C28H48N2O20/c1-7-15(36)19(40)20(41)28(44-7)49-23-14(30-9(3)35)27(46-11(5-32)16(23)37)48-22-12(6-33)47-26(13(18(22)39)29-8(2)34)50-24-17(38)10(4-31)45-25(43)21(24)42/h7,10-28,31-33,36-43H,4-6H2,1-3H3,(H,29,34)(H,30,35)/t7-,10+,11+,12+,13+,14+,15+,16-,17-,18+,19+,20-,21+,22+,23+,24-,25-,26-,27-,28-/m0/s1. The van der Waals surface area contributed by atoms with Gasteiger partial charge in [-0.2, -0.15) is 0 Å². The largest absolute Gasteiger partial charge is 0.394 e. The summed E-state index contributed by atoms with van der Waals surface area (Å²) in [4.78, 5) is 24.6. The maximum Gasteiger partial charge on any atom is 0.217 e. The molecule has 0 radical (unpaired) electrons. The predicted octanol–water partition coefficient (Wildman–Crippen LogP) is -8.43. The van der Waals surface area contributed by atoms with Crippen LogP contribution in [0.1, 0.15) is 20.8 Å². The molecule has 2 amide bonds. The van der Waals surface area contributed by atoms with E-state index in [-0.39, 0.29) is 0 Å². The number of ether oxygens (including phenoxy) is 7. The minimum atomic E-state index is -1.92. The second-order valence-corrected chi connectivity index (χ2v) is 12.6. The van der Waals surface area contributed by atoms with Crippen molar-refractivity contribution in [3.8, 4) is 0 Å². The zero-order valence-electron chi connectivity index (χ0n) is 27.3. The van der Waals surface area contributed by atoms with E-state index in [0.29, 0.717) is 0 Å². The third-order valence-corrected chi connectivity index (χ3v) is 8.97. The summed E-state index contributed by atoms with van der Waals surface area (Å²) < 4.78 is 39.5. The number of carbonyl (C=O) groups is 2. The van der Waals surface area contributed by atoms with Crippen molar-refractivity contribution in [2.24, 2.45) is 0 Å². The molecular formula is C28H48N2O20. The molecule has 13 N–H and O–H groups in total. The molecule has 0 aromatic carbocycles. The molecule has 0 aliphatic carbocycles. The Bertz CT molecular complexity index is 1130. The van der Waals surface area contributed by atoms with E-state index in [2.05, 4.69) is 10.6 Å². The molecule has 0 spiro atoms. The molecule has 0 saturated carbocycles. The first-order valence-electron chi connectivity index (χ1n) is 15.9. The Labute approximate surface area is 285 Å². The van der Waals surface area contributed by atoms with Gasteiger partial charge in [0.15, 0.2) is 25.2 Å². The Morgan fingerprint density at radius 2 is 1.00 bits per heavy atom. The molecule has 0 unspecified atom stereocenters. The lowest BCUT2D eigenvalue weighted by Crippen LogP contribution is -2.71. The molecule has 290 valence electrons. The zero-order chi connectivity index (χ0) is 37.2. The van der Waals surface area contributed by atoms with Gasteiger partial charge in [0.2, 0.25) is 11.8 Å². The lowest BCUT2D eigenvalue weighted by atomic mass is 9.93. The molecule has 20 atom stereocenters. The molecular weight excluding hydrogens is 684 g/mol. The van der Waals surface area contributed by atoms with E-state index < -0.39 is 154 Å². The van der Waals surface area contributed by atoms with E-state index in [4.69, 9.17) is 33.2 Å². The second-order valence-electron chi connectivity index (χ2n) is 12.6. The molecule has 4 fully saturated rings. The topological polar surface area (TPSA) is 345 Å². The van der Waals surface area contributed by atoms with Gasteiger partial charge in [-0.15, -0.1) is 0 Å². The summed E-state index contributed by atoms with van der Waals surface area (Å²) >= 11 is 0. The maximum atomic E-state index is 12.3. The fourth-order valence-corrected chi connectivity index (χ4v) is 6.29. The monoisotopic (exact) mass is 732 g/mol. The van der Waals surface area contributed by atoms with E-state index in [9.17, 15) is 65.8 Å². The Kier molecular flexibility index (Phi) is 14.2. The number of amides is 2. The number of hydrogen-bond acceptors (Lipinski definition) is 20. The van der Waals surface area contributed by atoms with E-state index in [1.165, 1.54) is 6.92 Å². The van der Waals surface area contributed by atoms with Crippen molar-refractivity contribution >= 4 is 11.8 Å². The highest BCUT2D eigenvalue weighted by Crippen LogP contribution is 2.34. The van der Waals surface area contributed by atoms with Gasteiger partial charge in [-0.1, -0.05) is 0 Å². The van der Waals surface area contributed by atoms with Crippen LogP contribution in [-0.4, -0.2) is 211 Å². The third kappa shape index (κ3) is 8.70. The van der Waals surface area contributed by atoms with Gasteiger partial charge in [0, 0.05) is 13.8 Å². The summed E-state index contributed by atoms with van der Waals surface area (Å²) in [5.41, 5.74) is 0. The number of aliphatic hydroxyl groups excluding tert-OH is 11. The Balaban J connectivity index is 1.62. The quantitative estimate of drug-likeness (QED) is 0.0938. The first kappa shape index (κ1) is 41.0. The molecule has 0 bridgehead atoms. The molecule has 4 aliphatic heterocycles. The van der Waals surface area contributed by atoms with Crippen LogP contribution in [0.4, 0.5) is 0 Å². The van der Waals surface area contributed by atoms with Gasteiger partial charge in [-0.3, -0.25) is 9.59 Å². The van der Waals surface area contributed by atoms with Crippen molar-refractivity contribution in [2.75, 3.05) is 19.8 Å². The Morgan fingerprint density at radius 1 is 0.520 bits per heavy atom. The molecule has 4 heterocycles. The van der Waals surface area contributed by atoms with Crippen LogP contribution >= 0.6 is 0 Å². The van der Waals surface area contributed by atoms with Crippen LogP contribution in [0.5, 0.6) is 0 Å². The van der Waals surface area contributed by atoms with Crippen LogP contribution in [0.2, 0.25) is 0 Å². The Morgan fingerprint density at radius 3 is 1.58 bits per heavy atom. The minimum absolute atomic E-state index is 0.718. The van der Waals surface area contributed by atoms with Gasteiger partial charge in [0.1, 0.15) is 91.4 Å². The fourth-order valence-electron chi connectivity index (χ4n) is 6.29. The summed E-state index contributed by atoms with van der Waals surface area (Å²) in [5.74, 6) is -1.45. The van der Waals surface area contributed by atoms with Crippen molar-refractivity contribution in [2.45, 2.75) is 143 Å². The molecule has 0 aromatic heterocycles. The van der Waals surface area contributed by atoms with E-state index in [1.54, 1.807) is 0 Å². The molecule has 4 rings (SSSR count). The van der Waals surface area contributed by atoms with Crippen LogP contribution in [0.15, 0.2) is 0 Å². The van der Waals surface area contributed by atoms with Crippen LogP contribution in [0, 0.1) is 0 Å². The normalized spacial score (nSPS) is 48.5. The summed E-state index contributed by atoms with van der Waals surface area (Å²) in [6.45, 7) is 0.997. The average Bonchev–Trinajstić information content (AvgIpc) is 3.06. The van der Waals surface area contributed by atoms with Gasteiger partial charge in [0.25, 0.3) is 0 Å². The zero-order valence-corrected chi connectivity index (χ0v) is 27.3. The maximum absolute atomic E-state index is 12.3. The van der Waals surface area contributed by atoms with Gasteiger partial charge in [0.05, 0.1) is 25.9 Å². The molecule has 4 aliphatic rings. The number of rotatable bonds is 11. The van der Waals surface area contributed by atoms with Gasteiger partial charge >= 0.3 is 0 Å². The van der Waals surface area contributed by atoms with Crippen molar-refractivity contribution < 1.29 is 98.9 Å². The Hall–Kier alpha value is -1.78. The number of carbonyl (C=O) groups excluding carboxylic acids is 2. The van der Waals surface area contributed by atoms with Crippen LogP contribution in [-0.2, 0) is 42.7 Å². The number of aliphatic hydroxyl groups is 11. The highest BCUT2D eigenvalue weighted by molar-refractivity contribution is 5.73. The molecule has 50 heavy (non-hydrogen) atoms. The summed E-state index contributed by atoms with van der Waals surface area (Å²) in [6.07, 6.45) is -30.0. The molecule has 22 nitrogen and oxygen atoms in total. The van der Waals surface area contributed by atoms with Crippen molar-refractivity contribution in [3.05, 3.63) is 0 Å². The average molecular weight is 733 g/mol. The lowest BCUT2D eigenvalue weighted by molar-refractivity contribution is -0.367. The van der Waals surface area contributed by atoms with Gasteiger partial charge in [-0.05, 0) is 6.92 Å². The SMILES string of the molecule is CC(=O)N[C@H]1[C@H](O[C@@H]2[C@@H](O)[C@@H](O)O[C@H](CO)[C@@H]2O)O[C@H](CO)[C@@H](O[C@@H]2O[C@H](CO)[C@H](O)[C@H](O[C@@H]3O[C@@H](C)[C@@H](O)[C@@H](O)[C@@H]3O)[C@H]2NC(C)=O)[C@@H]1O. The molecule has 22 heteroatoms. The van der Waals surface area contributed by atoms with Crippen LogP contribution < -0.4 is 10.6 Å². The molecule has 4 saturated heterocycles. The summed E-state index contributed by atoms with van der Waals surface area (Å²) in [7, 11) is 0. The highest BCUT2D eigenvalue weighted by atomic mass is 16.8. The summed E-state index contributed by atoms with van der Waals surface area (Å²) in [5, 5.41) is 119. The van der Waals surface area contributed by atoms with Crippen LogP contribution in [0.25, 0.3) is 0 Å². The van der Waals surface area contributed by atoms with Gasteiger partial charge < -0.3 is 100.0 Å². The van der Waals surface area contributed by atoms with Gasteiger partial charge in [-0.25, -0.2) is 0 Å². The number of hydrogen-bond donors (Lipinski definition) is 13. The predicted molar refractivity (Wildman–Crippen MR) is 156 cm³/mol. The van der Waals surface area contributed by atoms with Crippen molar-refractivity contribution in [1.82, 2.24) is 10.6 Å².